The van der Waals surface area contributed by atoms with Crippen LogP contribution in [0.1, 0.15) is 22.8 Å². The van der Waals surface area contributed by atoms with Crippen molar-refractivity contribution < 1.29 is 14.3 Å². The fourth-order valence-electron chi connectivity index (χ4n) is 2.59. The first-order valence-electron chi connectivity index (χ1n) is 8.77. The second-order valence-corrected chi connectivity index (χ2v) is 6.35. The molecule has 27 heavy (non-hydrogen) atoms. The Morgan fingerprint density at radius 3 is 2.04 bits per heavy atom. The van der Waals surface area contributed by atoms with Crippen LogP contribution in [0.25, 0.3) is 11.1 Å². The lowest BCUT2D eigenvalue weighted by molar-refractivity contribution is -0.123. The van der Waals surface area contributed by atoms with Crippen LogP contribution >= 0.6 is 0 Å². The van der Waals surface area contributed by atoms with Crippen molar-refractivity contribution in [3.05, 3.63) is 90.0 Å². The van der Waals surface area contributed by atoms with Gasteiger partial charge in [-0.05, 0) is 49.2 Å². The predicted octanol–water partition coefficient (Wildman–Crippen LogP) is 4.85. The molecule has 3 aromatic carbocycles. The zero-order chi connectivity index (χ0) is 19.2. The quantitative estimate of drug-likeness (QED) is 0.663. The molecule has 0 bridgehead atoms. The highest BCUT2D eigenvalue weighted by molar-refractivity contribution is 5.97. The first kappa shape index (κ1) is 18.4. The lowest BCUT2D eigenvalue weighted by Crippen LogP contribution is -2.30. The van der Waals surface area contributed by atoms with Gasteiger partial charge in [0.25, 0.3) is 5.91 Å². The van der Waals surface area contributed by atoms with Crippen molar-refractivity contribution >= 4 is 17.6 Å². The van der Waals surface area contributed by atoms with E-state index in [1.54, 1.807) is 19.1 Å². The summed E-state index contributed by atoms with van der Waals surface area (Å²) in [5.41, 5.74) is 4.26. The number of nitrogens with one attached hydrogen (secondary N) is 1. The van der Waals surface area contributed by atoms with E-state index in [-0.39, 0.29) is 5.91 Å². The van der Waals surface area contributed by atoms with Crippen LogP contribution in [0.4, 0.5) is 5.69 Å². The van der Waals surface area contributed by atoms with Crippen molar-refractivity contribution in [2.75, 3.05) is 5.32 Å². The number of carbonyl (C=O) groups excluding carboxylic acids is 2. The van der Waals surface area contributed by atoms with Gasteiger partial charge in [0.2, 0.25) is 0 Å². The van der Waals surface area contributed by atoms with Crippen LogP contribution in [0.15, 0.2) is 78.9 Å². The molecule has 3 aromatic rings. The molecule has 1 atom stereocenters. The van der Waals surface area contributed by atoms with E-state index in [1.807, 2.05) is 73.7 Å². The van der Waals surface area contributed by atoms with Crippen LogP contribution < -0.4 is 5.32 Å². The van der Waals surface area contributed by atoms with Gasteiger partial charge >= 0.3 is 5.97 Å². The van der Waals surface area contributed by atoms with Crippen LogP contribution in [0, 0.1) is 6.92 Å². The normalized spacial score (nSPS) is 11.5. The number of hydrogen-bond donors (Lipinski definition) is 1. The average molecular weight is 359 g/mol. The van der Waals surface area contributed by atoms with Crippen LogP contribution in [-0.4, -0.2) is 18.0 Å². The standard InChI is InChI=1S/C23H21NO3/c1-16-8-14-21(15-9-16)24-22(25)17(2)27-23(26)20-12-10-19(11-13-20)18-6-4-3-5-7-18/h3-15,17H,1-2H3,(H,24,25)/t17-/m0/s1. The van der Waals surface area contributed by atoms with E-state index in [4.69, 9.17) is 4.74 Å². The summed E-state index contributed by atoms with van der Waals surface area (Å²) in [6.07, 6.45) is -0.896. The molecule has 0 unspecified atom stereocenters. The molecule has 0 aliphatic heterocycles. The average Bonchev–Trinajstić information content (AvgIpc) is 2.70. The fourth-order valence-corrected chi connectivity index (χ4v) is 2.59. The molecule has 0 radical (unpaired) electrons. The number of esters is 1. The second kappa shape index (κ2) is 8.32. The first-order chi connectivity index (χ1) is 13.0. The molecule has 1 N–H and O–H groups in total. The Morgan fingerprint density at radius 2 is 1.41 bits per heavy atom. The van der Waals surface area contributed by atoms with Crippen LogP contribution in [-0.2, 0) is 9.53 Å². The molecule has 3 rings (SSSR count). The third kappa shape index (κ3) is 4.82. The Hall–Kier alpha value is -3.40. The van der Waals surface area contributed by atoms with Crippen molar-refractivity contribution in [2.45, 2.75) is 20.0 Å². The zero-order valence-electron chi connectivity index (χ0n) is 15.3. The highest BCUT2D eigenvalue weighted by Crippen LogP contribution is 2.20. The van der Waals surface area contributed by atoms with Crippen molar-refractivity contribution in [3.63, 3.8) is 0 Å². The monoisotopic (exact) mass is 359 g/mol. The maximum absolute atomic E-state index is 12.3. The molecule has 0 aliphatic rings. The van der Waals surface area contributed by atoms with Gasteiger partial charge in [-0.2, -0.15) is 0 Å². The molecular weight excluding hydrogens is 338 g/mol. The minimum atomic E-state index is -0.896. The van der Waals surface area contributed by atoms with E-state index in [2.05, 4.69) is 5.32 Å². The summed E-state index contributed by atoms with van der Waals surface area (Å²) in [7, 11) is 0. The van der Waals surface area contributed by atoms with Gasteiger partial charge in [0.05, 0.1) is 5.56 Å². The van der Waals surface area contributed by atoms with Gasteiger partial charge < -0.3 is 10.1 Å². The lowest BCUT2D eigenvalue weighted by Gasteiger charge is -2.14. The minimum Gasteiger partial charge on any atom is -0.449 e. The highest BCUT2D eigenvalue weighted by atomic mass is 16.5. The van der Waals surface area contributed by atoms with Gasteiger partial charge in [-0.3, -0.25) is 4.79 Å². The lowest BCUT2D eigenvalue weighted by atomic mass is 10.0. The molecule has 0 heterocycles. The Balaban J connectivity index is 1.60. The molecule has 0 aliphatic carbocycles. The van der Waals surface area contributed by atoms with E-state index < -0.39 is 12.1 Å². The number of amides is 1. The van der Waals surface area contributed by atoms with Gasteiger partial charge in [-0.25, -0.2) is 4.79 Å². The van der Waals surface area contributed by atoms with E-state index in [1.165, 1.54) is 0 Å². The summed E-state index contributed by atoms with van der Waals surface area (Å²) < 4.78 is 5.29. The summed E-state index contributed by atoms with van der Waals surface area (Å²) >= 11 is 0. The largest absolute Gasteiger partial charge is 0.449 e. The van der Waals surface area contributed by atoms with E-state index in [0.29, 0.717) is 11.3 Å². The smallest absolute Gasteiger partial charge is 0.338 e. The van der Waals surface area contributed by atoms with Crippen molar-refractivity contribution in [1.29, 1.82) is 0 Å². The molecular formula is C23H21NO3. The first-order valence-corrected chi connectivity index (χ1v) is 8.77. The van der Waals surface area contributed by atoms with Crippen LogP contribution in [0.3, 0.4) is 0 Å². The van der Waals surface area contributed by atoms with Crippen molar-refractivity contribution in [1.82, 2.24) is 0 Å². The number of ether oxygens (including phenoxy) is 1. The Morgan fingerprint density at radius 1 is 0.815 bits per heavy atom. The van der Waals surface area contributed by atoms with Gasteiger partial charge in [-0.15, -0.1) is 0 Å². The molecule has 0 spiro atoms. The number of carbonyl (C=O) groups is 2. The number of hydrogen-bond acceptors (Lipinski definition) is 3. The molecule has 1 amide bonds. The number of anilines is 1. The van der Waals surface area contributed by atoms with E-state index >= 15 is 0 Å². The molecule has 4 nitrogen and oxygen atoms in total. The topological polar surface area (TPSA) is 55.4 Å². The molecule has 0 saturated carbocycles. The minimum absolute atomic E-state index is 0.367. The SMILES string of the molecule is Cc1ccc(NC(=O)[C@H](C)OC(=O)c2ccc(-c3ccccc3)cc2)cc1. The summed E-state index contributed by atoms with van der Waals surface area (Å²) in [6.45, 7) is 3.53. The zero-order valence-corrected chi connectivity index (χ0v) is 15.3. The molecule has 0 saturated heterocycles. The second-order valence-electron chi connectivity index (χ2n) is 6.35. The van der Waals surface area contributed by atoms with Gasteiger partial charge in [0, 0.05) is 5.69 Å². The number of benzene rings is 3. The summed E-state index contributed by atoms with van der Waals surface area (Å²) in [4.78, 5) is 24.5. The molecule has 0 fully saturated rings. The summed E-state index contributed by atoms with van der Waals surface area (Å²) in [5.74, 6) is -0.894. The molecule has 0 aromatic heterocycles. The number of aryl methyl sites for hydroxylation is 1. The third-order valence-electron chi connectivity index (χ3n) is 4.20. The van der Waals surface area contributed by atoms with Gasteiger partial charge in [0.1, 0.15) is 0 Å². The summed E-state index contributed by atoms with van der Waals surface area (Å²) in [6, 6.07) is 24.5. The Labute approximate surface area is 158 Å². The maximum Gasteiger partial charge on any atom is 0.338 e. The summed E-state index contributed by atoms with van der Waals surface area (Å²) in [5, 5.41) is 2.74. The number of rotatable bonds is 5. The highest BCUT2D eigenvalue weighted by Gasteiger charge is 2.19. The Kier molecular flexibility index (Phi) is 5.67. The van der Waals surface area contributed by atoms with E-state index in [9.17, 15) is 9.59 Å². The fraction of sp³-hybridized carbons (Fsp3) is 0.130. The Bertz CT molecular complexity index is 916. The van der Waals surface area contributed by atoms with Gasteiger partial charge in [0.15, 0.2) is 6.10 Å². The van der Waals surface area contributed by atoms with Crippen LogP contribution in [0.2, 0.25) is 0 Å². The molecule has 136 valence electrons. The predicted molar refractivity (Wildman–Crippen MR) is 107 cm³/mol. The van der Waals surface area contributed by atoms with Gasteiger partial charge in [-0.1, -0.05) is 60.2 Å². The third-order valence-corrected chi connectivity index (χ3v) is 4.20. The van der Waals surface area contributed by atoms with E-state index in [0.717, 1.165) is 16.7 Å². The maximum atomic E-state index is 12.3. The van der Waals surface area contributed by atoms with Crippen LogP contribution in [0.5, 0.6) is 0 Å². The van der Waals surface area contributed by atoms with Crippen molar-refractivity contribution in [3.8, 4) is 11.1 Å². The molecule has 4 heteroatoms. The van der Waals surface area contributed by atoms with Crippen molar-refractivity contribution in [2.24, 2.45) is 0 Å².